The molecule has 0 unspecified atom stereocenters. The zero-order chi connectivity index (χ0) is 13.9. The van der Waals surface area contributed by atoms with Crippen LogP contribution in [0, 0.1) is 13.8 Å². The molecule has 3 rings (SSSR count). The third-order valence-corrected chi connectivity index (χ3v) is 2.93. The molecule has 2 heterocycles. The molecule has 0 saturated heterocycles. The van der Waals surface area contributed by atoms with Crippen molar-refractivity contribution in [1.29, 1.82) is 0 Å². The van der Waals surface area contributed by atoms with Crippen molar-refractivity contribution < 1.29 is 8.83 Å². The van der Waals surface area contributed by atoms with E-state index in [0.29, 0.717) is 18.3 Å². The fourth-order valence-corrected chi connectivity index (χ4v) is 1.99. The lowest BCUT2D eigenvalue weighted by molar-refractivity contribution is 0.490. The molecule has 0 atom stereocenters. The van der Waals surface area contributed by atoms with E-state index in [2.05, 4.69) is 15.5 Å². The van der Waals surface area contributed by atoms with Crippen LogP contribution in [0.5, 0.6) is 0 Å². The van der Waals surface area contributed by atoms with E-state index in [0.717, 1.165) is 22.8 Å². The van der Waals surface area contributed by atoms with E-state index >= 15 is 0 Å². The quantitative estimate of drug-likeness (QED) is 0.784. The number of para-hydroxylation sites is 1. The van der Waals surface area contributed by atoms with E-state index in [1.165, 1.54) is 0 Å². The molecule has 5 nitrogen and oxygen atoms in total. The Morgan fingerprint density at radius 2 is 1.85 bits per heavy atom. The van der Waals surface area contributed by atoms with E-state index < -0.39 is 0 Å². The number of benzene rings is 1. The third kappa shape index (κ3) is 2.56. The molecule has 1 aromatic carbocycles. The molecular weight excluding hydrogens is 254 g/mol. The maximum Gasteiger partial charge on any atom is 0.249 e. The first-order chi connectivity index (χ1) is 9.72. The SMILES string of the molecule is Cc1ccc(CNc2ccccc2-c2nnc(C)o2)o1. The van der Waals surface area contributed by atoms with Crippen LogP contribution in [0.25, 0.3) is 11.5 Å². The molecule has 0 bridgehead atoms. The van der Waals surface area contributed by atoms with Crippen molar-refractivity contribution in [1.82, 2.24) is 10.2 Å². The molecule has 0 amide bonds. The van der Waals surface area contributed by atoms with Crippen LogP contribution in [0.3, 0.4) is 0 Å². The summed E-state index contributed by atoms with van der Waals surface area (Å²) in [7, 11) is 0. The van der Waals surface area contributed by atoms with Gasteiger partial charge in [0.2, 0.25) is 11.8 Å². The molecule has 0 aliphatic rings. The summed E-state index contributed by atoms with van der Waals surface area (Å²) in [5.41, 5.74) is 1.82. The molecule has 1 N–H and O–H groups in total. The summed E-state index contributed by atoms with van der Waals surface area (Å²) < 4.78 is 11.0. The van der Waals surface area contributed by atoms with Crippen LogP contribution in [0.15, 0.2) is 45.2 Å². The van der Waals surface area contributed by atoms with Gasteiger partial charge in [0.1, 0.15) is 11.5 Å². The van der Waals surface area contributed by atoms with E-state index in [1.807, 2.05) is 43.3 Å². The molecule has 0 radical (unpaired) electrons. The van der Waals surface area contributed by atoms with Crippen molar-refractivity contribution in [2.45, 2.75) is 20.4 Å². The Bertz CT molecular complexity index is 715. The average molecular weight is 269 g/mol. The number of anilines is 1. The van der Waals surface area contributed by atoms with Crippen molar-refractivity contribution in [2.24, 2.45) is 0 Å². The van der Waals surface area contributed by atoms with Crippen LogP contribution in [-0.2, 0) is 6.54 Å². The lowest BCUT2D eigenvalue weighted by atomic mass is 10.1. The number of rotatable bonds is 4. The van der Waals surface area contributed by atoms with Gasteiger partial charge in [-0.3, -0.25) is 0 Å². The number of nitrogens with zero attached hydrogens (tertiary/aromatic N) is 2. The van der Waals surface area contributed by atoms with Crippen LogP contribution in [0.1, 0.15) is 17.4 Å². The molecule has 3 aromatic rings. The van der Waals surface area contributed by atoms with E-state index in [4.69, 9.17) is 8.83 Å². The number of hydrogen-bond donors (Lipinski definition) is 1. The minimum atomic E-state index is 0.515. The minimum Gasteiger partial charge on any atom is -0.465 e. The van der Waals surface area contributed by atoms with E-state index in [1.54, 1.807) is 6.92 Å². The highest BCUT2D eigenvalue weighted by Gasteiger charge is 2.11. The smallest absolute Gasteiger partial charge is 0.249 e. The predicted octanol–water partition coefficient (Wildman–Crippen LogP) is 3.56. The fourth-order valence-electron chi connectivity index (χ4n) is 1.99. The summed E-state index contributed by atoms with van der Waals surface area (Å²) in [5.74, 6) is 2.86. The monoisotopic (exact) mass is 269 g/mol. The number of aromatic nitrogens is 2. The molecule has 5 heteroatoms. The van der Waals surface area contributed by atoms with Gasteiger partial charge in [-0.1, -0.05) is 12.1 Å². The fraction of sp³-hybridized carbons (Fsp3) is 0.200. The molecule has 102 valence electrons. The molecule has 0 saturated carbocycles. The minimum absolute atomic E-state index is 0.515. The normalized spacial score (nSPS) is 10.7. The van der Waals surface area contributed by atoms with Crippen LogP contribution in [0.2, 0.25) is 0 Å². The second kappa shape index (κ2) is 5.21. The van der Waals surface area contributed by atoms with Crippen LogP contribution in [0.4, 0.5) is 5.69 Å². The Labute approximate surface area is 116 Å². The molecule has 0 aliphatic carbocycles. The number of hydrogen-bond acceptors (Lipinski definition) is 5. The first kappa shape index (κ1) is 12.5. The lowest BCUT2D eigenvalue weighted by Gasteiger charge is -2.08. The second-order valence-corrected chi connectivity index (χ2v) is 4.54. The van der Waals surface area contributed by atoms with E-state index in [-0.39, 0.29) is 0 Å². The van der Waals surface area contributed by atoms with Crippen molar-refractivity contribution in [2.75, 3.05) is 5.32 Å². The van der Waals surface area contributed by atoms with Gasteiger partial charge in [0.25, 0.3) is 0 Å². The summed E-state index contributed by atoms with van der Waals surface area (Å²) in [5, 5.41) is 11.2. The Morgan fingerprint density at radius 3 is 2.55 bits per heavy atom. The van der Waals surface area contributed by atoms with Gasteiger partial charge in [0, 0.05) is 12.6 Å². The third-order valence-electron chi connectivity index (χ3n) is 2.93. The first-order valence-corrected chi connectivity index (χ1v) is 6.41. The van der Waals surface area contributed by atoms with Crippen molar-refractivity contribution in [3.05, 3.63) is 53.8 Å². The van der Waals surface area contributed by atoms with Gasteiger partial charge in [-0.15, -0.1) is 10.2 Å². The second-order valence-electron chi connectivity index (χ2n) is 4.54. The van der Waals surface area contributed by atoms with Gasteiger partial charge in [-0.2, -0.15) is 0 Å². The topological polar surface area (TPSA) is 64.1 Å². The zero-order valence-electron chi connectivity index (χ0n) is 11.4. The average Bonchev–Trinajstić information content (AvgIpc) is 3.06. The number of aryl methyl sites for hydroxylation is 2. The van der Waals surface area contributed by atoms with Crippen molar-refractivity contribution in [3.63, 3.8) is 0 Å². The summed E-state index contributed by atoms with van der Waals surface area (Å²) in [4.78, 5) is 0. The van der Waals surface area contributed by atoms with Crippen molar-refractivity contribution >= 4 is 5.69 Å². The summed E-state index contributed by atoms with van der Waals surface area (Å²) in [6.45, 7) is 4.31. The van der Waals surface area contributed by atoms with Gasteiger partial charge in [-0.25, -0.2) is 0 Å². The first-order valence-electron chi connectivity index (χ1n) is 6.41. The largest absolute Gasteiger partial charge is 0.465 e. The maximum absolute atomic E-state index is 5.54. The Balaban J connectivity index is 1.83. The highest BCUT2D eigenvalue weighted by atomic mass is 16.4. The van der Waals surface area contributed by atoms with Gasteiger partial charge in [0.05, 0.1) is 12.1 Å². The van der Waals surface area contributed by atoms with Gasteiger partial charge in [-0.05, 0) is 31.2 Å². The molecule has 20 heavy (non-hydrogen) atoms. The highest BCUT2D eigenvalue weighted by molar-refractivity contribution is 5.72. The Hall–Kier alpha value is -2.56. The molecule has 0 aliphatic heterocycles. The standard InChI is InChI=1S/C15H15N3O2/c1-10-7-8-12(19-10)9-16-14-6-4-3-5-13(14)15-18-17-11(2)20-15/h3-8,16H,9H2,1-2H3. The maximum atomic E-state index is 5.54. The highest BCUT2D eigenvalue weighted by Crippen LogP contribution is 2.27. The van der Waals surface area contributed by atoms with Gasteiger partial charge >= 0.3 is 0 Å². The summed E-state index contributed by atoms with van der Waals surface area (Å²) in [6, 6.07) is 11.7. The molecule has 0 fully saturated rings. The molecular formula is C15H15N3O2. The predicted molar refractivity (Wildman–Crippen MR) is 75.2 cm³/mol. The van der Waals surface area contributed by atoms with Crippen molar-refractivity contribution in [3.8, 4) is 11.5 Å². The Kier molecular flexibility index (Phi) is 3.25. The zero-order valence-corrected chi connectivity index (χ0v) is 11.4. The van der Waals surface area contributed by atoms with Gasteiger partial charge < -0.3 is 14.2 Å². The summed E-state index contributed by atoms with van der Waals surface area (Å²) >= 11 is 0. The van der Waals surface area contributed by atoms with Crippen LogP contribution >= 0.6 is 0 Å². The Morgan fingerprint density at radius 1 is 1.00 bits per heavy atom. The van der Waals surface area contributed by atoms with Gasteiger partial charge in [0.15, 0.2) is 0 Å². The number of nitrogens with one attached hydrogen (secondary N) is 1. The van der Waals surface area contributed by atoms with Crippen LogP contribution < -0.4 is 5.32 Å². The molecule has 2 aromatic heterocycles. The summed E-state index contributed by atoms with van der Waals surface area (Å²) in [6.07, 6.45) is 0. The number of furan rings is 1. The lowest BCUT2D eigenvalue weighted by Crippen LogP contribution is -1.99. The van der Waals surface area contributed by atoms with Crippen LogP contribution in [-0.4, -0.2) is 10.2 Å². The van der Waals surface area contributed by atoms with E-state index in [9.17, 15) is 0 Å². The molecule has 0 spiro atoms.